The third-order valence-corrected chi connectivity index (χ3v) is 3.80. The minimum absolute atomic E-state index is 0.316. The molecule has 0 saturated carbocycles. The molecule has 0 aromatic heterocycles. The molecule has 3 nitrogen and oxygen atoms in total. The number of hydrogen-bond acceptors (Lipinski definition) is 3. The zero-order valence-electron chi connectivity index (χ0n) is 11.1. The number of halogens is 2. The molecule has 0 fully saturated rings. The molecule has 5 heteroatoms. The Hall–Kier alpha value is -1.43. The first-order chi connectivity index (χ1) is 9.67. The molecule has 106 valence electrons. The average molecular weight is 339 g/mol. The van der Waals surface area contributed by atoms with Gasteiger partial charge in [-0.25, -0.2) is 9.82 Å². The predicted molar refractivity (Wildman–Crippen MR) is 80.9 cm³/mol. The molecule has 0 radical (unpaired) electrons. The Bertz CT molecular complexity index is 592. The van der Waals surface area contributed by atoms with E-state index in [1.165, 1.54) is 6.07 Å². The number of rotatable bonds is 5. The molecule has 0 amide bonds. The molecule has 2 rings (SSSR count). The molecule has 0 aliphatic heterocycles. The third-order valence-electron chi connectivity index (χ3n) is 2.96. The molecule has 0 bridgehead atoms. The Morgan fingerprint density at radius 1 is 1.30 bits per heavy atom. The minimum atomic E-state index is -0.319. The monoisotopic (exact) mass is 338 g/mol. The zero-order valence-corrected chi connectivity index (χ0v) is 12.7. The van der Waals surface area contributed by atoms with Gasteiger partial charge in [0.05, 0.1) is 17.1 Å². The Morgan fingerprint density at radius 3 is 2.75 bits per heavy atom. The first-order valence-electron chi connectivity index (χ1n) is 6.30. The maximum atomic E-state index is 13.7. The zero-order chi connectivity index (χ0) is 14.5. The van der Waals surface area contributed by atoms with E-state index in [-0.39, 0.29) is 11.9 Å². The van der Waals surface area contributed by atoms with E-state index in [4.69, 9.17) is 10.6 Å². The van der Waals surface area contributed by atoms with Gasteiger partial charge in [0, 0.05) is 0 Å². The minimum Gasteiger partial charge on any atom is -0.494 e. The van der Waals surface area contributed by atoms with Gasteiger partial charge in [0.25, 0.3) is 0 Å². The summed E-state index contributed by atoms with van der Waals surface area (Å²) in [5.41, 5.74) is 4.36. The van der Waals surface area contributed by atoms with Gasteiger partial charge in [-0.1, -0.05) is 24.3 Å². The van der Waals surface area contributed by atoms with Crippen molar-refractivity contribution < 1.29 is 9.13 Å². The van der Waals surface area contributed by atoms with Crippen LogP contribution in [0.15, 0.2) is 46.9 Å². The fourth-order valence-electron chi connectivity index (χ4n) is 2.06. The van der Waals surface area contributed by atoms with Crippen LogP contribution in [0.4, 0.5) is 4.39 Å². The number of hydrogen-bond donors (Lipinski definition) is 2. The highest BCUT2D eigenvalue weighted by Crippen LogP contribution is 2.31. The second-order valence-corrected chi connectivity index (χ2v) is 5.04. The molecular formula is C15H16BrFN2O. The standard InChI is InChI=1S/C15H16BrFN2O/c1-2-20-11-6-3-5-10(9-11)15(19-18)12-7-4-8-13(17)14(12)16/h3-9,15,19H,2,18H2,1H3. The molecule has 0 aliphatic rings. The topological polar surface area (TPSA) is 47.3 Å². The van der Waals surface area contributed by atoms with Crippen LogP contribution in [-0.2, 0) is 0 Å². The van der Waals surface area contributed by atoms with E-state index < -0.39 is 0 Å². The van der Waals surface area contributed by atoms with Gasteiger partial charge in [-0.05, 0) is 52.2 Å². The number of ether oxygens (including phenoxy) is 1. The second-order valence-electron chi connectivity index (χ2n) is 4.25. The summed E-state index contributed by atoms with van der Waals surface area (Å²) in [4.78, 5) is 0. The predicted octanol–water partition coefficient (Wildman–Crippen LogP) is 3.54. The lowest BCUT2D eigenvalue weighted by Crippen LogP contribution is -2.29. The van der Waals surface area contributed by atoms with Gasteiger partial charge < -0.3 is 4.74 Å². The SMILES string of the molecule is CCOc1cccc(C(NN)c2cccc(F)c2Br)c1. The first-order valence-corrected chi connectivity index (χ1v) is 7.09. The Morgan fingerprint density at radius 2 is 2.05 bits per heavy atom. The summed E-state index contributed by atoms with van der Waals surface area (Å²) >= 11 is 3.27. The van der Waals surface area contributed by atoms with E-state index in [1.807, 2.05) is 37.3 Å². The molecule has 3 N–H and O–H groups in total. The van der Waals surface area contributed by atoms with Crippen molar-refractivity contribution in [3.8, 4) is 5.75 Å². The lowest BCUT2D eigenvalue weighted by molar-refractivity contribution is 0.339. The van der Waals surface area contributed by atoms with Crippen LogP contribution >= 0.6 is 15.9 Å². The smallest absolute Gasteiger partial charge is 0.137 e. The Labute approximate surface area is 126 Å². The van der Waals surface area contributed by atoms with Crippen LogP contribution in [0.3, 0.4) is 0 Å². The summed E-state index contributed by atoms with van der Waals surface area (Å²) in [5, 5.41) is 0. The number of hydrazine groups is 1. The molecule has 20 heavy (non-hydrogen) atoms. The van der Waals surface area contributed by atoms with E-state index in [9.17, 15) is 4.39 Å². The highest BCUT2D eigenvalue weighted by Gasteiger charge is 2.17. The van der Waals surface area contributed by atoms with Crippen molar-refractivity contribution in [2.24, 2.45) is 5.84 Å². The summed E-state index contributed by atoms with van der Waals surface area (Å²) in [6.45, 7) is 2.52. The molecule has 2 aromatic rings. The van der Waals surface area contributed by atoms with E-state index in [1.54, 1.807) is 6.07 Å². The van der Waals surface area contributed by atoms with Crippen LogP contribution in [0.25, 0.3) is 0 Å². The van der Waals surface area contributed by atoms with Crippen LogP contribution in [-0.4, -0.2) is 6.61 Å². The van der Waals surface area contributed by atoms with Gasteiger partial charge in [0.1, 0.15) is 11.6 Å². The molecular weight excluding hydrogens is 323 g/mol. The first kappa shape index (κ1) is 15.0. The second kappa shape index (κ2) is 6.83. The van der Waals surface area contributed by atoms with Crippen molar-refractivity contribution in [1.29, 1.82) is 0 Å². The van der Waals surface area contributed by atoms with Crippen LogP contribution in [0.5, 0.6) is 5.75 Å². The maximum absolute atomic E-state index is 13.7. The highest BCUT2D eigenvalue weighted by molar-refractivity contribution is 9.10. The normalized spacial score (nSPS) is 12.2. The maximum Gasteiger partial charge on any atom is 0.137 e. The highest BCUT2D eigenvalue weighted by atomic mass is 79.9. The van der Waals surface area contributed by atoms with Crippen LogP contribution in [0, 0.1) is 5.82 Å². The average Bonchev–Trinajstić information content (AvgIpc) is 2.45. The lowest BCUT2D eigenvalue weighted by Gasteiger charge is -2.19. The molecule has 1 atom stereocenters. The van der Waals surface area contributed by atoms with Crippen molar-refractivity contribution >= 4 is 15.9 Å². The van der Waals surface area contributed by atoms with Crippen LogP contribution in [0.1, 0.15) is 24.1 Å². The van der Waals surface area contributed by atoms with Crippen LogP contribution in [0.2, 0.25) is 0 Å². The molecule has 1 unspecified atom stereocenters. The van der Waals surface area contributed by atoms with Gasteiger partial charge in [0.2, 0.25) is 0 Å². The quantitative estimate of drug-likeness (QED) is 0.647. The third kappa shape index (κ3) is 3.17. The molecule has 0 saturated heterocycles. The van der Waals surface area contributed by atoms with Crippen molar-refractivity contribution in [2.45, 2.75) is 13.0 Å². The molecule has 0 spiro atoms. The number of nitrogens with two attached hydrogens (primary N) is 1. The summed E-state index contributed by atoms with van der Waals surface area (Å²) in [6.07, 6.45) is 0. The summed E-state index contributed by atoms with van der Waals surface area (Å²) in [6, 6.07) is 12.1. The fourth-order valence-corrected chi connectivity index (χ4v) is 2.55. The van der Waals surface area contributed by atoms with E-state index in [2.05, 4.69) is 21.4 Å². The van der Waals surface area contributed by atoms with Crippen LogP contribution < -0.4 is 16.0 Å². The van der Waals surface area contributed by atoms with Gasteiger partial charge >= 0.3 is 0 Å². The fraction of sp³-hybridized carbons (Fsp3) is 0.200. The number of nitrogens with one attached hydrogen (secondary N) is 1. The summed E-state index contributed by atoms with van der Waals surface area (Å²) in [7, 11) is 0. The van der Waals surface area contributed by atoms with E-state index in [0.717, 1.165) is 16.9 Å². The van der Waals surface area contributed by atoms with E-state index in [0.29, 0.717) is 11.1 Å². The van der Waals surface area contributed by atoms with Crippen molar-refractivity contribution in [1.82, 2.24) is 5.43 Å². The van der Waals surface area contributed by atoms with Gasteiger partial charge in [-0.3, -0.25) is 5.84 Å². The summed E-state index contributed by atoms with van der Waals surface area (Å²) in [5.74, 6) is 6.09. The molecule has 0 aliphatic carbocycles. The summed E-state index contributed by atoms with van der Waals surface area (Å²) < 4.78 is 19.5. The molecule has 2 aromatic carbocycles. The lowest BCUT2D eigenvalue weighted by atomic mass is 9.99. The largest absolute Gasteiger partial charge is 0.494 e. The van der Waals surface area contributed by atoms with Gasteiger partial charge in [-0.15, -0.1) is 0 Å². The van der Waals surface area contributed by atoms with Crippen molar-refractivity contribution in [3.63, 3.8) is 0 Å². The Balaban J connectivity index is 2.41. The van der Waals surface area contributed by atoms with Crippen molar-refractivity contribution in [3.05, 3.63) is 63.9 Å². The molecule has 0 heterocycles. The van der Waals surface area contributed by atoms with Crippen molar-refractivity contribution in [2.75, 3.05) is 6.61 Å². The Kier molecular flexibility index (Phi) is 5.11. The van der Waals surface area contributed by atoms with E-state index >= 15 is 0 Å². The number of benzene rings is 2. The van der Waals surface area contributed by atoms with Gasteiger partial charge in [0.15, 0.2) is 0 Å². The van der Waals surface area contributed by atoms with Gasteiger partial charge in [-0.2, -0.15) is 0 Å².